The molecule has 1 unspecified atom stereocenters. The largest absolute Gasteiger partial charge is 0.352 e. The third-order valence-electron chi connectivity index (χ3n) is 8.80. The van der Waals surface area contributed by atoms with Crippen molar-refractivity contribution in [2.75, 3.05) is 32.0 Å². The van der Waals surface area contributed by atoms with Crippen LogP contribution in [0.2, 0.25) is 10.0 Å². The standard InChI is InChI=1S/C32H39Cl2N3O3S2/c1-36(2)30(22-9-5-4-6-10-22)23-15-13-21(14-16-23)20-35-31(38)29-25-11-7-8-12-28(25)41-32(29)37(3)42(39,40)24-17-18-26(33)27(34)19-24/h4-6,9-10,17-19,21,23,30H,7-8,11-16,20H2,1-3H3,(H,35,38). The molecule has 0 radical (unpaired) electrons. The lowest BCUT2D eigenvalue weighted by molar-refractivity contribution is 0.0934. The van der Waals surface area contributed by atoms with Gasteiger partial charge in [-0.1, -0.05) is 53.5 Å². The van der Waals surface area contributed by atoms with Crippen LogP contribution in [0.3, 0.4) is 0 Å². The van der Waals surface area contributed by atoms with E-state index in [4.69, 9.17) is 23.2 Å². The number of aryl methyl sites for hydroxylation is 1. The van der Waals surface area contributed by atoms with Gasteiger partial charge in [0.1, 0.15) is 5.00 Å². The van der Waals surface area contributed by atoms with Gasteiger partial charge in [-0.25, -0.2) is 8.42 Å². The molecule has 226 valence electrons. The van der Waals surface area contributed by atoms with E-state index in [1.54, 1.807) is 0 Å². The molecule has 3 aromatic rings. The molecular weight excluding hydrogens is 609 g/mol. The molecule has 0 bridgehead atoms. The Balaban J connectivity index is 1.30. The van der Waals surface area contributed by atoms with Gasteiger partial charge >= 0.3 is 0 Å². The summed E-state index contributed by atoms with van der Waals surface area (Å²) < 4.78 is 28.5. The van der Waals surface area contributed by atoms with Crippen molar-refractivity contribution in [2.45, 2.75) is 62.3 Å². The van der Waals surface area contributed by atoms with Gasteiger partial charge in [0, 0.05) is 24.5 Å². The van der Waals surface area contributed by atoms with Crippen LogP contribution in [-0.4, -0.2) is 46.9 Å². The van der Waals surface area contributed by atoms with Crippen LogP contribution in [0.15, 0.2) is 53.4 Å². The Morgan fingerprint density at radius 2 is 1.67 bits per heavy atom. The van der Waals surface area contributed by atoms with Crippen molar-refractivity contribution in [1.29, 1.82) is 0 Å². The minimum Gasteiger partial charge on any atom is -0.352 e. The maximum Gasteiger partial charge on any atom is 0.264 e. The number of benzene rings is 2. The highest BCUT2D eigenvalue weighted by molar-refractivity contribution is 7.93. The number of anilines is 1. The van der Waals surface area contributed by atoms with Gasteiger partial charge in [-0.2, -0.15) is 0 Å². The fourth-order valence-electron chi connectivity index (χ4n) is 6.59. The number of amides is 1. The average Bonchev–Trinajstić information content (AvgIpc) is 3.37. The number of hydrogen-bond acceptors (Lipinski definition) is 5. The first-order valence-corrected chi connectivity index (χ1v) is 17.7. The lowest BCUT2D eigenvalue weighted by Crippen LogP contribution is -2.35. The summed E-state index contributed by atoms with van der Waals surface area (Å²) in [6.07, 6.45) is 8.02. The Bertz CT molecular complexity index is 1520. The Morgan fingerprint density at radius 1 is 0.976 bits per heavy atom. The monoisotopic (exact) mass is 647 g/mol. The van der Waals surface area contributed by atoms with E-state index in [1.807, 2.05) is 0 Å². The third-order valence-corrected chi connectivity index (χ3v) is 12.8. The molecule has 1 fully saturated rings. The quantitative estimate of drug-likeness (QED) is 0.260. The SMILES string of the molecule is CN(C)C(c1ccccc1)C1CCC(CNC(=O)c2c(N(C)S(=O)(=O)c3ccc(Cl)c(Cl)c3)sc3c2CCCC3)CC1. The summed E-state index contributed by atoms with van der Waals surface area (Å²) in [5.41, 5.74) is 2.86. The van der Waals surface area contributed by atoms with E-state index in [0.717, 1.165) is 61.8 Å². The molecule has 1 amide bonds. The molecule has 0 aliphatic heterocycles. The molecule has 1 N–H and O–H groups in total. The first-order valence-electron chi connectivity index (χ1n) is 14.7. The van der Waals surface area contributed by atoms with Crippen LogP contribution in [0.4, 0.5) is 5.00 Å². The van der Waals surface area contributed by atoms with Crippen molar-refractivity contribution in [1.82, 2.24) is 10.2 Å². The van der Waals surface area contributed by atoms with Crippen molar-refractivity contribution in [3.05, 3.63) is 80.1 Å². The number of sulfonamides is 1. The van der Waals surface area contributed by atoms with Crippen LogP contribution in [-0.2, 0) is 22.9 Å². The van der Waals surface area contributed by atoms with Crippen molar-refractivity contribution in [3.8, 4) is 0 Å². The molecule has 1 aromatic heterocycles. The van der Waals surface area contributed by atoms with Gasteiger partial charge in [0.05, 0.1) is 20.5 Å². The first kappa shape index (κ1) is 31.3. The number of rotatable bonds is 9. The van der Waals surface area contributed by atoms with Gasteiger partial charge in [0.2, 0.25) is 0 Å². The Kier molecular flexibility index (Phi) is 9.90. The zero-order valence-electron chi connectivity index (χ0n) is 24.4. The molecule has 5 rings (SSSR count). The van der Waals surface area contributed by atoms with E-state index in [2.05, 4.69) is 54.6 Å². The molecule has 0 spiro atoms. The normalized spacial score (nSPS) is 19.8. The number of nitrogens with zero attached hydrogens (tertiary/aromatic N) is 2. The van der Waals surface area contributed by atoms with E-state index in [9.17, 15) is 13.2 Å². The molecule has 1 atom stereocenters. The van der Waals surface area contributed by atoms with Crippen molar-refractivity contribution in [3.63, 3.8) is 0 Å². The highest BCUT2D eigenvalue weighted by atomic mass is 35.5. The van der Waals surface area contributed by atoms with Crippen LogP contribution >= 0.6 is 34.5 Å². The van der Waals surface area contributed by atoms with Crippen LogP contribution in [0.5, 0.6) is 0 Å². The van der Waals surface area contributed by atoms with Gasteiger partial charge in [-0.15, -0.1) is 11.3 Å². The Hall–Kier alpha value is -2.10. The molecule has 2 aliphatic carbocycles. The van der Waals surface area contributed by atoms with E-state index in [1.165, 1.54) is 46.5 Å². The number of fused-ring (bicyclic) bond motifs is 1. The average molecular weight is 649 g/mol. The molecule has 0 saturated heterocycles. The molecule has 1 saturated carbocycles. The lowest BCUT2D eigenvalue weighted by atomic mass is 9.76. The predicted molar refractivity (Wildman–Crippen MR) is 174 cm³/mol. The summed E-state index contributed by atoms with van der Waals surface area (Å²) in [6.45, 7) is 0.594. The molecule has 42 heavy (non-hydrogen) atoms. The highest BCUT2D eigenvalue weighted by Gasteiger charge is 2.34. The fourth-order valence-corrected chi connectivity index (χ4v) is 9.74. The summed E-state index contributed by atoms with van der Waals surface area (Å²) in [4.78, 5) is 17.3. The van der Waals surface area contributed by atoms with Gasteiger partial charge in [0.25, 0.3) is 15.9 Å². The van der Waals surface area contributed by atoms with Crippen LogP contribution in [0.1, 0.15) is 70.9 Å². The Morgan fingerprint density at radius 3 is 2.33 bits per heavy atom. The molecule has 6 nitrogen and oxygen atoms in total. The topological polar surface area (TPSA) is 69.7 Å². The number of carbonyl (C=O) groups is 1. The second kappa shape index (κ2) is 13.3. The second-order valence-electron chi connectivity index (χ2n) is 11.7. The van der Waals surface area contributed by atoms with Gasteiger partial charge in [-0.3, -0.25) is 9.10 Å². The van der Waals surface area contributed by atoms with Gasteiger partial charge in [-0.05, 0) is 107 Å². The van der Waals surface area contributed by atoms with E-state index in [0.29, 0.717) is 35.0 Å². The molecule has 10 heteroatoms. The number of halogens is 2. The van der Waals surface area contributed by atoms with Crippen molar-refractivity contribution < 1.29 is 13.2 Å². The molecule has 2 aromatic carbocycles. The summed E-state index contributed by atoms with van der Waals surface area (Å²) >= 11 is 13.6. The molecule has 1 heterocycles. The zero-order valence-corrected chi connectivity index (χ0v) is 27.6. The highest BCUT2D eigenvalue weighted by Crippen LogP contribution is 2.43. The van der Waals surface area contributed by atoms with Crippen LogP contribution in [0, 0.1) is 11.8 Å². The van der Waals surface area contributed by atoms with Gasteiger partial charge < -0.3 is 10.2 Å². The second-order valence-corrected chi connectivity index (χ2v) is 15.6. The summed E-state index contributed by atoms with van der Waals surface area (Å²) in [5.74, 6) is 0.794. The number of carbonyl (C=O) groups excluding carboxylic acids is 1. The van der Waals surface area contributed by atoms with E-state index in [-0.39, 0.29) is 20.8 Å². The number of nitrogens with one attached hydrogen (secondary N) is 1. The van der Waals surface area contributed by atoms with Crippen LogP contribution < -0.4 is 9.62 Å². The molecule has 2 aliphatic rings. The number of hydrogen-bond donors (Lipinski definition) is 1. The first-order chi connectivity index (χ1) is 20.1. The van der Waals surface area contributed by atoms with Crippen molar-refractivity contribution >= 4 is 55.5 Å². The summed E-state index contributed by atoms with van der Waals surface area (Å²) in [7, 11) is 1.87. The smallest absolute Gasteiger partial charge is 0.264 e. The minimum absolute atomic E-state index is 0.0421. The van der Waals surface area contributed by atoms with E-state index >= 15 is 0 Å². The fraction of sp³-hybridized carbons (Fsp3) is 0.469. The summed E-state index contributed by atoms with van der Waals surface area (Å²) in [6, 6.07) is 15.4. The number of thiophene rings is 1. The van der Waals surface area contributed by atoms with Gasteiger partial charge in [0.15, 0.2) is 0 Å². The maximum atomic E-state index is 13.8. The third kappa shape index (κ3) is 6.53. The lowest BCUT2D eigenvalue weighted by Gasteiger charge is -2.37. The predicted octanol–water partition coefficient (Wildman–Crippen LogP) is 7.60. The van der Waals surface area contributed by atoms with Crippen molar-refractivity contribution in [2.24, 2.45) is 11.8 Å². The Labute approximate surface area is 264 Å². The van der Waals surface area contributed by atoms with E-state index < -0.39 is 10.0 Å². The maximum absolute atomic E-state index is 13.8. The zero-order chi connectivity index (χ0) is 30.0. The minimum atomic E-state index is -3.95. The van der Waals surface area contributed by atoms with Crippen LogP contribution in [0.25, 0.3) is 0 Å². The summed E-state index contributed by atoms with van der Waals surface area (Å²) in [5, 5.41) is 4.13. The molecular formula is C32H39Cl2N3O3S2.